The van der Waals surface area contributed by atoms with Crippen LogP contribution in [0.3, 0.4) is 0 Å². The summed E-state index contributed by atoms with van der Waals surface area (Å²) >= 11 is 1.31. The van der Waals surface area contributed by atoms with Crippen molar-refractivity contribution in [2.75, 3.05) is 5.75 Å². The normalized spacial score (nSPS) is 11.1. The van der Waals surface area contributed by atoms with Crippen molar-refractivity contribution >= 4 is 23.9 Å². The number of aromatic hydroxyl groups is 1. The summed E-state index contributed by atoms with van der Waals surface area (Å²) in [5.74, 6) is 0.856. The van der Waals surface area contributed by atoms with E-state index in [9.17, 15) is 9.90 Å². The van der Waals surface area contributed by atoms with Crippen molar-refractivity contribution < 1.29 is 9.90 Å². The van der Waals surface area contributed by atoms with Crippen molar-refractivity contribution in [3.63, 3.8) is 0 Å². The van der Waals surface area contributed by atoms with Gasteiger partial charge in [0.25, 0.3) is 5.91 Å². The van der Waals surface area contributed by atoms with Crippen molar-refractivity contribution in [3.05, 3.63) is 59.7 Å². The van der Waals surface area contributed by atoms with E-state index in [1.54, 1.807) is 24.3 Å². The first kappa shape index (κ1) is 19.6. The molecule has 0 unspecified atom stereocenters. The Morgan fingerprint density at radius 1 is 1.25 bits per heavy atom. The van der Waals surface area contributed by atoms with Crippen LogP contribution in [0.4, 0.5) is 0 Å². The standard InChI is InChI=1S/C20H21N5O2S/c1-3-25-19(16-9-7-14(2)8-10-16)23-24-20(25)28-13-18(27)22-21-12-15-5-4-6-17(26)11-15/h4-12,26H,3,13H2,1-2H3,(H,22,27). The molecule has 0 aliphatic carbocycles. The fraction of sp³-hybridized carbons (Fsp3) is 0.200. The Bertz CT molecular complexity index is 983. The summed E-state index contributed by atoms with van der Waals surface area (Å²) in [6, 6.07) is 14.7. The van der Waals surface area contributed by atoms with Gasteiger partial charge in [-0.25, -0.2) is 5.43 Å². The molecular formula is C20H21N5O2S. The fourth-order valence-corrected chi connectivity index (χ4v) is 3.34. The van der Waals surface area contributed by atoms with Gasteiger partial charge >= 0.3 is 0 Å². The minimum Gasteiger partial charge on any atom is -0.508 e. The molecule has 2 N–H and O–H groups in total. The molecular weight excluding hydrogens is 374 g/mol. The van der Waals surface area contributed by atoms with E-state index < -0.39 is 0 Å². The van der Waals surface area contributed by atoms with Gasteiger partial charge in [0.15, 0.2) is 11.0 Å². The summed E-state index contributed by atoms with van der Waals surface area (Å²) in [5.41, 5.74) is 5.35. The number of thioether (sulfide) groups is 1. The van der Waals surface area contributed by atoms with Gasteiger partial charge in [-0.1, -0.05) is 53.7 Å². The van der Waals surface area contributed by atoms with E-state index in [4.69, 9.17) is 0 Å². The molecule has 0 atom stereocenters. The van der Waals surface area contributed by atoms with Crippen LogP contribution in [-0.2, 0) is 11.3 Å². The molecule has 144 valence electrons. The number of carbonyl (C=O) groups excluding carboxylic acids is 1. The van der Waals surface area contributed by atoms with E-state index >= 15 is 0 Å². The highest BCUT2D eigenvalue weighted by Crippen LogP contribution is 2.24. The molecule has 28 heavy (non-hydrogen) atoms. The van der Waals surface area contributed by atoms with Crippen LogP contribution in [-0.4, -0.2) is 37.7 Å². The number of hydrogen-bond donors (Lipinski definition) is 2. The van der Waals surface area contributed by atoms with Gasteiger partial charge in [0.05, 0.1) is 12.0 Å². The van der Waals surface area contributed by atoms with Crippen LogP contribution in [0.1, 0.15) is 18.1 Å². The van der Waals surface area contributed by atoms with Gasteiger partial charge in [-0.3, -0.25) is 4.79 Å². The van der Waals surface area contributed by atoms with Crippen molar-refractivity contribution in [3.8, 4) is 17.1 Å². The lowest BCUT2D eigenvalue weighted by Gasteiger charge is -2.07. The van der Waals surface area contributed by atoms with E-state index in [2.05, 4.69) is 20.7 Å². The molecule has 2 aromatic carbocycles. The topological polar surface area (TPSA) is 92.4 Å². The number of nitrogens with zero attached hydrogens (tertiary/aromatic N) is 4. The summed E-state index contributed by atoms with van der Waals surface area (Å²) in [7, 11) is 0. The minimum absolute atomic E-state index is 0.147. The molecule has 0 fully saturated rings. The Morgan fingerprint density at radius 3 is 2.75 bits per heavy atom. The van der Waals surface area contributed by atoms with Crippen LogP contribution < -0.4 is 5.43 Å². The Morgan fingerprint density at radius 2 is 2.04 bits per heavy atom. The van der Waals surface area contributed by atoms with Gasteiger partial charge in [0.2, 0.25) is 0 Å². The number of phenols is 1. The van der Waals surface area contributed by atoms with E-state index in [0.29, 0.717) is 17.3 Å². The summed E-state index contributed by atoms with van der Waals surface area (Å²) in [6.45, 7) is 4.76. The van der Waals surface area contributed by atoms with Crippen molar-refractivity contribution in [1.29, 1.82) is 0 Å². The van der Waals surface area contributed by atoms with E-state index in [1.165, 1.54) is 23.5 Å². The predicted molar refractivity (Wildman–Crippen MR) is 110 cm³/mol. The zero-order valence-electron chi connectivity index (χ0n) is 15.7. The second-order valence-electron chi connectivity index (χ2n) is 6.09. The van der Waals surface area contributed by atoms with Crippen LogP contribution in [0.5, 0.6) is 5.75 Å². The highest BCUT2D eigenvalue weighted by Gasteiger charge is 2.14. The Labute approximate surface area is 167 Å². The van der Waals surface area contributed by atoms with Gasteiger partial charge in [-0.2, -0.15) is 5.10 Å². The first-order chi connectivity index (χ1) is 13.6. The lowest BCUT2D eigenvalue weighted by Crippen LogP contribution is -2.20. The largest absolute Gasteiger partial charge is 0.508 e. The Hall–Kier alpha value is -3.13. The lowest BCUT2D eigenvalue weighted by atomic mass is 10.1. The van der Waals surface area contributed by atoms with Gasteiger partial charge in [-0.05, 0) is 31.5 Å². The highest BCUT2D eigenvalue weighted by atomic mass is 32.2. The van der Waals surface area contributed by atoms with Crippen LogP contribution in [0.2, 0.25) is 0 Å². The van der Waals surface area contributed by atoms with Crippen molar-refractivity contribution in [2.45, 2.75) is 25.5 Å². The number of hydrogen-bond acceptors (Lipinski definition) is 6. The molecule has 3 rings (SSSR count). The Kier molecular flexibility index (Phi) is 6.44. The molecule has 0 saturated carbocycles. The van der Waals surface area contributed by atoms with E-state index in [0.717, 1.165) is 11.4 Å². The minimum atomic E-state index is -0.246. The van der Waals surface area contributed by atoms with Crippen molar-refractivity contribution in [1.82, 2.24) is 20.2 Å². The predicted octanol–water partition coefficient (Wildman–Crippen LogP) is 3.22. The zero-order chi connectivity index (χ0) is 19.9. The number of carbonyl (C=O) groups is 1. The van der Waals surface area contributed by atoms with Gasteiger partial charge < -0.3 is 9.67 Å². The van der Waals surface area contributed by atoms with Crippen molar-refractivity contribution in [2.24, 2.45) is 5.10 Å². The molecule has 0 saturated heterocycles. The molecule has 1 heterocycles. The Balaban J connectivity index is 1.59. The second-order valence-corrected chi connectivity index (χ2v) is 7.04. The number of nitrogens with one attached hydrogen (secondary N) is 1. The number of rotatable bonds is 7. The lowest BCUT2D eigenvalue weighted by molar-refractivity contribution is -0.118. The number of aryl methyl sites for hydroxylation is 1. The average Bonchev–Trinajstić information content (AvgIpc) is 3.10. The average molecular weight is 395 g/mol. The number of aromatic nitrogens is 3. The van der Waals surface area contributed by atoms with E-state index in [-0.39, 0.29) is 17.4 Å². The SMILES string of the molecule is CCn1c(SCC(=O)NN=Cc2cccc(O)c2)nnc1-c1ccc(C)cc1. The number of phenolic OH excluding ortho intramolecular Hbond substituents is 1. The quantitative estimate of drug-likeness (QED) is 0.364. The third-order valence-electron chi connectivity index (χ3n) is 3.95. The van der Waals surface area contributed by atoms with Crippen LogP contribution in [0, 0.1) is 6.92 Å². The third kappa shape index (κ3) is 4.98. The summed E-state index contributed by atoms with van der Waals surface area (Å²) in [6.07, 6.45) is 1.48. The fourth-order valence-electron chi connectivity index (χ4n) is 2.54. The molecule has 0 aliphatic heterocycles. The summed E-state index contributed by atoms with van der Waals surface area (Å²) in [4.78, 5) is 12.0. The summed E-state index contributed by atoms with van der Waals surface area (Å²) < 4.78 is 1.98. The molecule has 8 heteroatoms. The second kappa shape index (κ2) is 9.18. The first-order valence-electron chi connectivity index (χ1n) is 8.81. The maximum atomic E-state index is 12.0. The molecule has 0 bridgehead atoms. The van der Waals surface area contributed by atoms with Gasteiger partial charge in [0, 0.05) is 12.1 Å². The molecule has 3 aromatic rings. The number of benzene rings is 2. The summed E-state index contributed by atoms with van der Waals surface area (Å²) in [5, 5.41) is 22.5. The molecule has 0 radical (unpaired) electrons. The monoisotopic (exact) mass is 395 g/mol. The smallest absolute Gasteiger partial charge is 0.250 e. The number of amides is 1. The maximum Gasteiger partial charge on any atom is 0.250 e. The van der Waals surface area contributed by atoms with Gasteiger partial charge in [-0.15, -0.1) is 10.2 Å². The van der Waals surface area contributed by atoms with Crippen LogP contribution in [0.15, 0.2) is 58.8 Å². The molecule has 0 spiro atoms. The molecule has 1 amide bonds. The first-order valence-corrected chi connectivity index (χ1v) is 9.79. The van der Waals surface area contributed by atoms with Crippen LogP contribution in [0.25, 0.3) is 11.4 Å². The zero-order valence-corrected chi connectivity index (χ0v) is 16.5. The highest BCUT2D eigenvalue weighted by molar-refractivity contribution is 7.99. The number of hydrazone groups is 1. The van der Waals surface area contributed by atoms with Gasteiger partial charge in [0.1, 0.15) is 5.75 Å². The third-order valence-corrected chi connectivity index (χ3v) is 4.92. The van der Waals surface area contributed by atoms with E-state index in [1.807, 2.05) is 42.7 Å². The molecule has 1 aromatic heterocycles. The van der Waals surface area contributed by atoms with Crippen LogP contribution >= 0.6 is 11.8 Å². The maximum absolute atomic E-state index is 12.0. The molecule has 0 aliphatic rings. The molecule has 7 nitrogen and oxygen atoms in total.